The molecule has 0 unspecified atom stereocenters. The Balaban J connectivity index is 1.74. The lowest BCUT2D eigenvalue weighted by Crippen LogP contribution is -2.59. The molecule has 0 radical (unpaired) electrons. The van der Waals surface area contributed by atoms with E-state index in [4.69, 9.17) is 14.2 Å². The second kappa shape index (κ2) is 8.49. The molecule has 2 aliphatic rings. The van der Waals surface area contributed by atoms with Crippen LogP contribution in [0.5, 0.6) is 5.88 Å². The summed E-state index contributed by atoms with van der Waals surface area (Å²) in [6.07, 6.45) is 3.92. The van der Waals surface area contributed by atoms with E-state index < -0.39 is 5.97 Å². The molecule has 142 valence electrons. The van der Waals surface area contributed by atoms with Gasteiger partial charge < -0.3 is 19.1 Å². The van der Waals surface area contributed by atoms with Gasteiger partial charge in [0.1, 0.15) is 12.5 Å². The van der Waals surface area contributed by atoms with Crippen molar-refractivity contribution < 1.29 is 23.8 Å². The van der Waals surface area contributed by atoms with Crippen molar-refractivity contribution in [1.29, 1.82) is 0 Å². The third-order valence-electron chi connectivity index (χ3n) is 5.24. The van der Waals surface area contributed by atoms with E-state index >= 15 is 0 Å². The van der Waals surface area contributed by atoms with Gasteiger partial charge in [-0.05, 0) is 32.3 Å². The fraction of sp³-hybridized carbons (Fsp3) is 0.632. The van der Waals surface area contributed by atoms with Crippen LogP contribution in [-0.4, -0.2) is 60.3 Å². The fourth-order valence-electron chi connectivity index (χ4n) is 4.04. The summed E-state index contributed by atoms with van der Waals surface area (Å²) in [6, 6.07) is 5.63. The Morgan fingerprint density at radius 3 is 2.81 bits per heavy atom. The molecule has 1 aromatic rings. The maximum Gasteiger partial charge on any atom is 0.315 e. The third kappa shape index (κ3) is 4.15. The summed E-state index contributed by atoms with van der Waals surface area (Å²) in [5.41, 5.74) is 0. The molecule has 1 saturated carbocycles. The number of esters is 1. The molecule has 1 aliphatic heterocycles. The number of amides is 1. The quantitative estimate of drug-likeness (QED) is 0.567. The Bertz CT molecular complexity index is 624. The number of ether oxygens (including phenoxy) is 3. The first-order chi connectivity index (χ1) is 12.6. The predicted molar refractivity (Wildman–Crippen MR) is 93.5 cm³/mol. The van der Waals surface area contributed by atoms with Crippen molar-refractivity contribution in [3.8, 4) is 5.88 Å². The van der Waals surface area contributed by atoms with Crippen molar-refractivity contribution in [3.63, 3.8) is 0 Å². The van der Waals surface area contributed by atoms with Crippen LogP contribution in [0.2, 0.25) is 0 Å². The molecular formula is C19H26N2O5. The fourth-order valence-corrected chi connectivity index (χ4v) is 4.04. The van der Waals surface area contributed by atoms with Gasteiger partial charge in [-0.2, -0.15) is 0 Å². The number of nitrogens with zero attached hydrogens (tertiary/aromatic N) is 2. The van der Waals surface area contributed by atoms with E-state index in [1.54, 1.807) is 25.1 Å². The summed E-state index contributed by atoms with van der Waals surface area (Å²) < 4.78 is 16.7. The Morgan fingerprint density at radius 2 is 2.12 bits per heavy atom. The normalized spacial score (nSPS) is 27.7. The zero-order chi connectivity index (χ0) is 18.5. The topological polar surface area (TPSA) is 78.0 Å². The van der Waals surface area contributed by atoms with Crippen LogP contribution in [-0.2, 0) is 19.1 Å². The minimum Gasteiger partial charge on any atom is -0.472 e. The van der Waals surface area contributed by atoms with Crippen LogP contribution in [0.4, 0.5) is 0 Å². The number of carbonyl (C=O) groups excluding carboxylic acids is 2. The lowest BCUT2D eigenvalue weighted by atomic mass is 9.75. The molecule has 3 rings (SSSR count). The van der Waals surface area contributed by atoms with Gasteiger partial charge in [0.25, 0.3) is 0 Å². The average Bonchev–Trinajstić information content (AvgIpc) is 2.65. The van der Waals surface area contributed by atoms with Gasteiger partial charge in [-0.1, -0.05) is 6.07 Å². The average molecular weight is 362 g/mol. The highest BCUT2D eigenvalue weighted by Crippen LogP contribution is 2.38. The van der Waals surface area contributed by atoms with Crippen LogP contribution >= 0.6 is 0 Å². The minimum absolute atomic E-state index is 0.113. The number of rotatable bonds is 6. The van der Waals surface area contributed by atoms with Crippen LogP contribution in [0.25, 0.3) is 0 Å². The second-order valence-corrected chi connectivity index (χ2v) is 6.76. The first-order valence-electron chi connectivity index (χ1n) is 9.18. The molecule has 2 heterocycles. The van der Waals surface area contributed by atoms with Gasteiger partial charge in [0.2, 0.25) is 11.8 Å². The number of likely N-dealkylation sites (tertiary alicyclic amines) is 1. The highest BCUT2D eigenvalue weighted by Gasteiger charge is 2.46. The van der Waals surface area contributed by atoms with E-state index in [0.717, 1.165) is 19.3 Å². The van der Waals surface area contributed by atoms with Crippen LogP contribution in [0, 0.1) is 5.92 Å². The number of fused-ring (bicyclic) bond motifs is 2. The number of pyridine rings is 1. The summed E-state index contributed by atoms with van der Waals surface area (Å²) in [6.45, 7) is 2.44. The molecule has 1 saturated heterocycles. The third-order valence-corrected chi connectivity index (χ3v) is 5.24. The predicted octanol–water partition coefficient (Wildman–Crippen LogP) is 1.81. The smallest absolute Gasteiger partial charge is 0.315 e. The lowest BCUT2D eigenvalue weighted by molar-refractivity contribution is -0.155. The molecule has 2 fully saturated rings. The molecular weight excluding hydrogens is 336 g/mol. The molecule has 1 aliphatic carbocycles. The maximum atomic E-state index is 12.7. The summed E-state index contributed by atoms with van der Waals surface area (Å²) in [7, 11) is 1.72. The van der Waals surface area contributed by atoms with E-state index in [1.165, 1.54) is 0 Å². The van der Waals surface area contributed by atoms with Crippen molar-refractivity contribution in [3.05, 3.63) is 24.4 Å². The standard InChI is InChI=1S/C19H26N2O5/c1-3-25-19(23)11-18(22)21-12-16(26-17-6-4-5-9-20-17)14-10-13(21)7-8-15(14)24-2/h4-6,9,13-16H,3,7-8,10-12H2,1-2H3/t13-,14-,15+,16-/m0/s1. The molecule has 2 bridgehead atoms. The van der Waals surface area contributed by atoms with Gasteiger partial charge >= 0.3 is 5.97 Å². The summed E-state index contributed by atoms with van der Waals surface area (Å²) >= 11 is 0. The van der Waals surface area contributed by atoms with Gasteiger partial charge in [-0.3, -0.25) is 9.59 Å². The highest BCUT2D eigenvalue weighted by atomic mass is 16.5. The van der Waals surface area contributed by atoms with E-state index in [0.29, 0.717) is 12.4 Å². The van der Waals surface area contributed by atoms with Gasteiger partial charge in [-0.25, -0.2) is 4.98 Å². The molecule has 1 aromatic heterocycles. The Hall–Kier alpha value is -2.15. The highest BCUT2D eigenvalue weighted by molar-refractivity contribution is 5.94. The molecule has 0 N–H and O–H groups in total. The van der Waals surface area contributed by atoms with Gasteiger partial charge in [-0.15, -0.1) is 0 Å². The summed E-state index contributed by atoms with van der Waals surface area (Å²) in [4.78, 5) is 30.4. The molecule has 0 aromatic carbocycles. The number of methoxy groups -OCH3 is 1. The van der Waals surface area contributed by atoms with Crippen LogP contribution < -0.4 is 4.74 Å². The van der Waals surface area contributed by atoms with Crippen molar-refractivity contribution in [2.75, 3.05) is 20.3 Å². The lowest BCUT2D eigenvalue weighted by Gasteiger charge is -2.49. The van der Waals surface area contributed by atoms with Crippen molar-refractivity contribution in [1.82, 2.24) is 9.88 Å². The molecule has 4 atom stereocenters. The van der Waals surface area contributed by atoms with Gasteiger partial charge in [0, 0.05) is 31.3 Å². The van der Waals surface area contributed by atoms with Crippen LogP contribution in [0.3, 0.4) is 0 Å². The second-order valence-electron chi connectivity index (χ2n) is 6.76. The number of aromatic nitrogens is 1. The Morgan fingerprint density at radius 1 is 1.27 bits per heavy atom. The van der Waals surface area contributed by atoms with Gasteiger partial charge in [0.15, 0.2) is 0 Å². The molecule has 7 heteroatoms. The van der Waals surface area contributed by atoms with Crippen LogP contribution in [0.15, 0.2) is 24.4 Å². The van der Waals surface area contributed by atoms with E-state index in [9.17, 15) is 9.59 Å². The van der Waals surface area contributed by atoms with Crippen molar-refractivity contribution in [2.24, 2.45) is 5.92 Å². The minimum atomic E-state index is -0.479. The Labute approximate surface area is 153 Å². The number of carbonyl (C=O) groups is 2. The first-order valence-corrected chi connectivity index (χ1v) is 9.18. The van der Waals surface area contributed by atoms with Crippen molar-refractivity contribution >= 4 is 11.9 Å². The Kier molecular flexibility index (Phi) is 6.08. The molecule has 7 nitrogen and oxygen atoms in total. The largest absolute Gasteiger partial charge is 0.472 e. The van der Waals surface area contributed by atoms with E-state index in [1.807, 2.05) is 18.2 Å². The van der Waals surface area contributed by atoms with E-state index in [2.05, 4.69) is 4.98 Å². The van der Waals surface area contributed by atoms with Gasteiger partial charge in [0.05, 0.1) is 19.3 Å². The number of hydrogen-bond acceptors (Lipinski definition) is 6. The molecule has 0 spiro atoms. The SMILES string of the molecule is CCOC(=O)CC(=O)N1C[C@H](Oc2ccccn2)[C@H]2C[C@@H]1CC[C@H]2OC. The van der Waals surface area contributed by atoms with Crippen LogP contribution in [0.1, 0.15) is 32.6 Å². The van der Waals surface area contributed by atoms with E-state index in [-0.39, 0.29) is 43.1 Å². The van der Waals surface area contributed by atoms with Crippen molar-refractivity contribution in [2.45, 2.75) is 50.9 Å². The molecule has 26 heavy (non-hydrogen) atoms. The maximum absolute atomic E-state index is 12.7. The zero-order valence-electron chi connectivity index (χ0n) is 15.3. The summed E-state index contributed by atoms with van der Waals surface area (Å²) in [5, 5.41) is 0. The summed E-state index contributed by atoms with van der Waals surface area (Å²) in [5.74, 6) is 0.0614. The number of hydrogen-bond donors (Lipinski definition) is 0. The zero-order valence-corrected chi connectivity index (χ0v) is 15.3. The molecule has 1 amide bonds. The number of piperidine rings is 1. The first kappa shape index (κ1) is 18.6. The monoisotopic (exact) mass is 362 g/mol.